The number of aromatic nitrogens is 4. The van der Waals surface area contributed by atoms with Crippen molar-refractivity contribution >= 4 is 43.7 Å². The van der Waals surface area contributed by atoms with Crippen LogP contribution in [0.5, 0.6) is 0 Å². The second kappa shape index (κ2) is 11.4. The van der Waals surface area contributed by atoms with Gasteiger partial charge in [-0.05, 0) is 54.1 Å². The van der Waals surface area contributed by atoms with Gasteiger partial charge >= 0.3 is 0 Å². The third-order valence-electron chi connectivity index (χ3n) is 9.46. The third-order valence-corrected chi connectivity index (χ3v) is 9.46. The van der Waals surface area contributed by atoms with Gasteiger partial charge in [-0.2, -0.15) is 0 Å². The average molecular weight is 641 g/mol. The standard InChI is InChI=1S/C45H28N4O/c1-4-14-29(15-5-1)43-46-44(30-16-6-2-7-17-30)48-45(47-43)36-26-25-33(42-41(36)35-21-11-13-23-40(35)50-42)31-24-27-39-37(28-31)34-20-10-12-22-38(34)49(39)32-18-8-3-9-19-32/h1-28H. The van der Waals surface area contributed by atoms with Crippen LogP contribution in [0.1, 0.15) is 0 Å². The fraction of sp³-hybridized carbons (Fsp3) is 0. The van der Waals surface area contributed by atoms with Crippen LogP contribution in [0, 0.1) is 0 Å². The molecule has 0 aliphatic carbocycles. The molecule has 0 aliphatic heterocycles. The van der Waals surface area contributed by atoms with Crippen molar-refractivity contribution in [3.63, 3.8) is 0 Å². The molecule has 5 nitrogen and oxygen atoms in total. The molecule has 0 aliphatic rings. The van der Waals surface area contributed by atoms with Crippen molar-refractivity contribution < 1.29 is 4.42 Å². The summed E-state index contributed by atoms with van der Waals surface area (Å²) in [5, 5.41) is 4.39. The zero-order chi connectivity index (χ0) is 33.0. The van der Waals surface area contributed by atoms with Crippen molar-refractivity contribution in [2.45, 2.75) is 0 Å². The van der Waals surface area contributed by atoms with Crippen LogP contribution in [-0.2, 0) is 0 Å². The minimum atomic E-state index is 0.599. The van der Waals surface area contributed by atoms with E-state index in [0.717, 1.165) is 61.0 Å². The van der Waals surface area contributed by atoms with E-state index in [9.17, 15) is 0 Å². The molecule has 10 aromatic rings. The van der Waals surface area contributed by atoms with Gasteiger partial charge in [-0.3, -0.25) is 0 Å². The summed E-state index contributed by atoms with van der Waals surface area (Å²) in [4.78, 5) is 15.1. The van der Waals surface area contributed by atoms with E-state index < -0.39 is 0 Å². The number of furan rings is 1. The summed E-state index contributed by atoms with van der Waals surface area (Å²) in [6.07, 6.45) is 0. The second-order valence-corrected chi connectivity index (χ2v) is 12.4. The highest BCUT2D eigenvalue weighted by molar-refractivity contribution is 6.17. The number of rotatable bonds is 5. The van der Waals surface area contributed by atoms with Crippen LogP contribution in [0.2, 0.25) is 0 Å². The molecule has 0 fully saturated rings. The maximum Gasteiger partial charge on any atom is 0.164 e. The van der Waals surface area contributed by atoms with Gasteiger partial charge in [0.25, 0.3) is 0 Å². The fourth-order valence-corrected chi connectivity index (χ4v) is 7.17. The van der Waals surface area contributed by atoms with Gasteiger partial charge in [0.05, 0.1) is 11.0 Å². The van der Waals surface area contributed by atoms with Crippen LogP contribution in [0.25, 0.3) is 94.7 Å². The molecule has 0 radical (unpaired) electrons. The molecule has 0 saturated carbocycles. The molecule has 0 N–H and O–H groups in total. The third kappa shape index (κ3) is 4.52. The lowest BCUT2D eigenvalue weighted by atomic mass is 9.97. The Hall–Kier alpha value is -6.85. The molecule has 234 valence electrons. The smallest absolute Gasteiger partial charge is 0.164 e. The quantitative estimate of drug-likeness (QED) is 0.188. The van der Waals surface area contributed by atoms with Crippen molar-refractivity contribution in [3.8, 4) is 51.0 Å². The van der Waals surface area contributed by atoms with E-state index in [4.69, 9.17) is 19.4 Å². The SMILES string of the molecule is c1ccc(-c2nc(-c3ccccc3)nc(-c3ccc(-c4ccc5c(c4)c4ccccc4n5-c4ccccc4)c4oc5ccccc5c34)n2)cc1. The molecule has 3 aromatic heterocycles. The Kier molecular flexibility index (Phi) is 6.42. The summed E-state index contributed by atoms with van der Waals surface area (Å²) < 4.78 is 9.06. The van der Waals surface area contributed by atoms with Gasteiger partial charge in [0.1, 0.15) is 11.2 Å². The number of hydrogen-bond donors (Lipinski definition) is 0. The molecule has 10 rings (SSSR count). The molecular formula is C45H28N4O. The van der Waals surface area contributed by atoms with Crippen LogP contribution < -0.4 is 0 Å². The van der Waals surface area contributed by atoms with Gasteiger partial charge in [-0.1, -0.05) is 121 Å². The zero-order valence-electron chi connectivity index (χ0n) is 26.9. The number of nitrogens with zero attached hydrogens (tertiary/aromatic N) is 4. The summed E-state index contributed by atoms with van der Waals surface area (Å²) in [7, 11) is 0. The fourth-order valence-electron chi connectivity index (χ4n) is 7.17. The summed E-state index contributed by atoms with van der Waals surface area (Å²) in [6.45, 7) is 0. The predicted octanol–water partition coefficient (Wildman–Crippen LogP) is 11.5. The summed E-state index contributed by atoms with van der Waals surface area (Å²) in [5.41, 5.74) is 9.94. The summed E-state index contributed by atoms with van der Waals surface area (Å²) >= 11 is 0. The minimum absolute atomic E-state index is 0.599. The Morgan fingerprint density at radius 2 is 0.960 bits per heavy atom. The van der Waals surface area contributed by atoms with E-state index in [1.165, 1.54) is 16.3 Å². The molecule has 0 spiro atoms. The first-order valence-corrected chi connectivity index (χ1v) is 16.7. The van der Waals surface area contributed by atoms with Crippen LogP contribution in [-0.4, -0.2) is 19.5 Å². The Bertz CT molecular complexity index is 2800. The number of hydrogen-bond acceptors (Lipinski definition) is 4. The lowest BCUT2D eigenvalue weighted by Gasteiger charge is -2.11. The highest BCUT2D eigenvalue weighted by Gasteiger charge is 2.21. The van der Waals surface area contributed by atoms with Crippen LogP contribution in [0.4, 0.5) is 0 Å². The van der Waals surface area contributed by atoms with Crippen LogP contribution in [0.3, 0.4) is 0 Å². The highest BCUT2D eigenvalue weighted by atomic mass is 16.3. The first-order valence-electron chi connectivity index (χ1n) is 16.7. The largest absolute Gasteiger partial charge is 0.455 e. The van der Waals surface area contributed by atoms with Crippen molar-refractivity contribution in [1.82, 2.24) is 19.5 Å². The van der Waals surface area contributed by atoms with E-state index in [1.807, 2.05) is 72.8 Å². The summed E-state index contributed by atoms with van der Waals surface area (Å²) in [6, 6.07) is 58.5. The molecular weight excluding hydrogens is 613 g/mol. The molecule has 3 heterocycles. The summed E-state index contributed by atoms with van der Waals surface area (Å²) in [5.74, 6) is 1.85. The normalized spacial score (nSPS) is 11.6. The predicted molar refractivity (Wildman–Crippen MR) is 203 cm³/mol. The Balaban J connectivity index is 1.22. The minimum Gasteiger partial charge on any atom is -0.455 e. The van der Waals surface area contributed by atoms with Crippen molar-refractivity contribution in [1.29, 1.82) is 0 Å². The number of para-hydroxylation sites is 3. The maximum absolute atomic E-state index is 6.73. The molecule has 0 atom stereocenters. The average Bonchev–Trinajstić information content (AvgIpc) is 3.75. The van der Waals surface area contributed by atoms with E-state index in [2.05, 4.69) is 102 Å². The van der Waals surface area contributed by atoms with Crippen molar-refractivity contribution in [2.75, 3.05) is 0 Å². The van der Waals surface area contributed by atoms with Crippen molar-refractivity contribution in [3.05, 3.63) is 170 Å². The van der Waals surface area contributed by atoms with Gasteiger partial charge < -0.3 is 8.98 Å². The lowest BCUT2D eigenvalue weighted by Crippen LogP contribution is -2.00. The molecule has 0 amide bonds. The van der Waals surface area contributed by atoms with Crippen molar-refractivity contribution in [2.24, 2.45) is 0 Å². The Labute approximate surface area is 287 Å². The lowest BCUT2D eigenvalue weighted by molar-refractivity contribution is 0.670. The topological polar surface area (TPSA) is 56.7 Å². The first kappa shape index (κ1) is 28.2. The van der Waals surface area contributed by atoms with E-state index >= 15 is 0 Å². The van der Waals surface area contributed by atoms with E-state index in [-0.39, 0.29) is 0 Å². The van der Waals surface area contributed by atoms with Gasteiger partial charge in [0.15, 0.2) is 17.5 Å². The maximum atomic E-state index is 6.73. The number of benzene rings is 7. The second-order valence-electron chi connectivity index (χ2n) is 12.4. The molecule has 5 heteroatoms. The molecule has 7 aromatic carbocycles. The molecule has 0 unspecified atom stereocenters. The van der Waals surface area contributed by atoms with Gasteiger partial charge in [0.2, 0.25) is 0 Å². The van der Waals surface area contributed by atoms with E-state index in [0.29, 0.717) is 17.5 Å². The van der Waals surface area contributed by atoms with Gasteiger partial charge in [-0.25, -0.2) is 15.0 Å². The Morgan fingerprint density at radius 1 is 0.400 bits per heavy atom. The van der Waals surface area contributed by atoms with Gasteiger partial charge in [0, 0.05) is 49.5 Å². The Morgan fingerprint density at radius 3 is 1.68 bits per heavy atom. The molecule has 0 bridgehead atoms. The number of fused-ring (bicyclic) bond motifs is 6. The monoisotopic (exact) mass is 640 g/mol. The first-order chi connectivity index (χ1) is 24.8. The highest BCUT2D eigenvalue weighted by Crippen LogP contribution is 2.43. The van der Waals surface area contributed by atoms with Crippen LogP contribution in [0.15, 0.2) is 174 Å². The molecule has 0 saturated heterocycles. The van der Waals surface area contributed by atoms with Gasteiger partial charge in [-0.15, -0.1) is 0 Å². The molecule has 50 heavy (non-hydrogen) atoms. The van der Waals surface area contributed by atoms with E-state index in [1.54, 1.807) is 0 Å². The zero-order valence-corrected chi connectivity index (χ0v) is 26.9. The van der Waals surface area contributed by atoms with Crippen LogP contribution >= 0.6 is 0 Å².